The topological polar surface area (TPSA) is 99.5 Å². The molecule has 0 atom stereocenters. The number of nitrogens with one attached hydrogen (secondary N) is 1. The van der Waals surface area contributed by atoms with Crippen LogP contribution in [0.1, 0.15) is 69.3 Å². The average Bonchev–Trinajstić information content (AvgIpc) is 3.28. The van der Waals surface area contributed by atoms with Crippen molar-refractivity contribution >= 4 is 39.0 Å². The number of hydrogen-bond acceptors (Lipinski definition) is 7. The predicted molar refractivity (Wildman–Crippen MR) is 137 cm³/mol. The molecule has 186 valence electrons. The number of thiophene rings is 1. The Labute approximate surface area is 208 Å². The monoisotopic (exact) mass is 497 g/mol. The number of benzene rings is 1. The fraction of sp³-hybridized carbons (Fsp3) is 0.462. The molecule has 9 heteroatoms. The van der Waals surface area contributed by atoms with E-state index in [0.29, 0.717) is 40.8 Å². The minimum atomic E-state index is -0.620. The highest BCUT2D eigenvalue weighted by Gasteiger charge is 2.23. The molecule has 1 N–H and O–H groups in total. The number of rotatable bonds is 9. The normalized spacial score (nSPS) is 14.1. The van der Waals surface area contributed by atoms with E-state index in [1.807, 2.05) is 6.92 Å². The van der Waals surface area contributed by atoms with E-state index < -0.39 is 11.5 Å². The van der Waals surface area contributed by atoms with E-state index in [1.54, 1.807) is 36.6 Å². The summed E-state index contributed by atoms with van der Waals surface area (Å²) in [5.41, 5.74) is 0.0991. The standard InChI is InChI=1S/C26H31N3O5S/c1-3-33-19-13-11-18(12-14-19)29-25(31)22-20(23(28-29)26(32)34-4-2)16-35-24(22)27-21(30)15-10-17-8-6-5-7-9-17/h11-14,16-17H,3-10,15H2,1-2H3,(H,27,30). The van der Waals surface area contributed by atoms with E-state index in [2.05, 4.69) is 10.4 Å². The van der Waals surface area contributed by atoms with Gasteiger partial charge in [-0.2, -0.15) is 9.78 Å². The first-order valence-electron chi connectivity index (χ1n) is 12.3. The number of fused-ring (bicyclic) bond motifs is 1. The lowest BCUT2D eigenvalue weighted by Crippen LogP contribution is -2.25. The summed E-state index contributed by atoms with van der Waals surface area (Å²) >= 11 is 1.22. The number of ether oxygens (including phenoxy) is 2. The number of carbonyl (C=O) groups is 2. The Morgan fingerprint density at radius 1 is 1.11 bits per heavy atom. The van der Waals surface area contributed by atoms with Gasteiger partial charge in [-0.05, 0) is 50.5 Å². The Morgan fingerprint density at radius 2 is 1.86 bits per heavy atom. The van der Waals surface area contributed by atoms with Crippen LogP contribution >= 0.6 is 11.3 Å². The van der Waals surface area contributed by atoms with Gasteiger partial charge in [0.2, 0.25) is 5.91 Å². The second kappa shape index (κ2) is 11.5. The van der Waals surface area contributed by atoms with Crippen LogP contribution in [0.25, 0.3) is 16.5 Å². The van der Waals surface area contributed by atoms with Crippen LogP contribution in [0.3, 0.4) is 0 Å². The first kappa shape index (κ1) is 24.9. The lowest BCUT2D eigenvalue weighted by atomic mass is 9.86. The summed E-state index contributed by atoms with van der Waals surface area (Å²) in [6, 6.07) is 6.88. The smallest absolute Gasteiger partial charge is 0.359 e. The Morgan fingerprint density at radius 3 is 2.54 bits per heavy atom. The number of esters is 1. The molecule has 0 aliphatic heterocycles. The highest BCUT2D eigenvalue weighted by atomic mass is 32.1. The number of nitrogens with zero attached hydrogens (tertiary/aromatic N) is 2. The molecule has 1 amide bonds. The number of hydrogen-bond donors (Lipinski definition) is 1. The van der Waals surface area contributed by atoms with Crippen molar-refractivity contribution < 1.29 is 19.1 Å². The van der Waals surface area contributed by atoms with Gasteiger partial charge in [0.1, 0.15) is 10.8 Å². The summed E-state index contributed by atoms with van der Waals surface area (Å²) in [6.45, 7) is 4.30. The van der Waals surface area contributed by atoms with Crippen LogP contribution in [0.2, 0.25) is 0 Å². The first-order valence-corrected chi connectivity index (χ1v) is 13.1. The molecule has 1 aliphatic rings. The molecule has 0 unspecified atom stereocenters. The molecule has 0 saturated heterocycles. The van der Waals surface area contributed by atoms with E-state index in [0.717, 1.165) is 6.42 Å². The van der Waals surface area contributed by atoms with Gasteiger partial charge in [-0.25, -0.2) is 4.79 Å². The Balaban J connectivity index is 1.67. The molecule has 0 bridgehead atoms. The molecule has 1 aliphatic carbocycles. The molecular formula is C26H31N3O5S. The van der Waals surface area contributed by atoms with Gasteiger partial charge < -0.3 is 14.8 Å². The number of anilines is 1. The van der Waals surface area contributed by atoms with Crippen LogP contribution < -0.4 is 15.6 Å². The van der Waals surface area contributed by atoms with Crippen LogP contribution in [0.5, 0.6) is 5.75 Å². The molecule has 1 saturated carbocycles. The molecule has 0 radical (unpaired) electrons. The van der Waals surface area contributed by atoms with Crippen LogP contribution in [-0.4, -0.2) is 34.9 Å². The summed E-state index contributed by atoms with van der Waals surface area (Å²) in [5.74, 6) is 0.509. The maximum atomic E-state index is 13.5. The van der Waals surface area contributed by atoms with E-state index in [-0.39, 0.29) is 23.6 Å². The van der Waals surface area contributed by atoms with Gasteiger partial charge in [0.15, 0.2) is 5.69 Å². The fourth-order valence-corrected chi connectivity index (χ4v) is 5.47. The summed E-state index contributed by atoms with van der Waals surface area (Å²) in [6.07, 6.45) is 7.36. The van der Waals surface area contributed by atoms with Gasteiger partial charge >= 0.3 is 5.97 Å². The molecule has 3 aromatic rings. The third-order valence-electron chi connectivity index (χ3n) is 6.27. The van der Waals surface area contributed by atoms with Crippen molar-refractivity contribution in [2.24, 2.45) is 5.92 Å². The van der Waals surface area contributed by atoms with Gasteiger partial charge in [0.05, 0.1) is 24.3 Å². The summed E-state index contributed by atoms with van der Waals surface area (Å²) in [4.78, 5) is 39.0. The predicted octanol–water partition coefficient (Wildman–Crippen LogP) is 5.32. The Hall–Kier alpha value is -3.20. The fourth-order valence-electron chi connectivity index (χ4n) is 4.52. The Bertz CT molecular complexity index is 1240. The van der Waals surface area contributed by atoms with Crippen molar-refractivity contribution in [3.8, 4) is 11.4 Å². The van der Waals surface area contributed by atoms with E-state index in [1.165, 1.54) is 48.1 Å². The minimum absolute atomic E-state index is 0.0364. The maximum absolute atomic E-state index is 13.5. The van der Waals surface area contributed by atoms with Crippen molar-refractivity contribution in [1.29, 1.82) is 0 Å². The molecule has 2 aromatic heterocycles. The van der Waals surface area contributed by atoms with E-state index >= 15 is 0 Å². The summed E-state index contributed by atoms with van der Waals surface area (Å²) in [5, 5.41) is 9.99. The quantitative estimate of drug-likeness (QED) is 0.402. The van der Waals surface area contributed by atoms with Gasteiger partial charge in [-0.3, -0.25) is 9.59 Å². The van der Waals surface area contributed by atoms with Gasteiger partial charge in [0, 0.05) is 17.2 Å². The lowest BCUT2D eigenvalue weighted by molar-refractivity contribution is -0.116. The van der Waals surface area contributed by atoms with Crippen molar-refractivity contribution in [2.75, 3.05) is 18.5 Å². The molecule has 2 heterocycles. The van der Waals surface area contributed by atoms with Crippen molar-refractivity contribution in [3.05, 3.63) is 45.7 Å². The number of carbonyl (C=O) groups excluding carboxylic acids is 2. The largest absolute Gasteiger partial charge is 0.494 e. The van der Waals surface area contributed by atoms with Crippen molar-refractivity contribution in [1.82, 2.24) is 9.78 Å². The lowest BCUT2D eigenvalue weighted by Gasteiger charge is -2.20. The number of amides is 1. The molecule has 8 nitrogen and oxygen atoms in total. The van der Waals surface area contributed by atoms with E-state index in [4.69, 9.17) is 9.47 Å². The summed E-state index contributed by atoms with van der Waals surface area (Å²) < 4.78 is 11.9. The van der Waals surface area contributed by atoms with Crippen LogP contribution in [0, 0.1) is 5.92 Å². The zero-order valence-corrected chi connectivity index (χ0v) is 21.0. The van der Waals surface area contributed by atoms with Gasteiger partial charge in [0.25, 0.3) is 5.56 Å². The van der Waals surface area contributed by atoms with Gasteiger partial charge in [-0.15, -0.1) is 11.3 Å². The third kappa shape index (κ3) is 5.73. The van der Waals surface area contributed by atoms with Crippen LogP contribution in [-0.2, 0) is 9.53 Å². The van der Waals surface area contributed by atoms with Gasteiger partial charge in [-0.1, -0.05) is 32.1 Å². The minimum Gasteiger partial charge on any atom is -0.494 e. The molecule has 0 spiro atoms. The molecule has 1 fully saturated rings. The Kier molecular flexibility index (Phi) is 8.17. The van der Waals surface area contributed by atoms with Crippen LogP contribution in [0.4, 0.5) is 5.00 Å². The third-order valence-corrected chi connectivity index (χ3v) is 7.17. The molecule has 35 heavy (non-hydrogen) atoms. The van der Waals surface area contributed by atoms with Crippen LogP contribution in [0.15, 0.2) is 34.4 Å². The maximum Gasteiger partial charge on any atom is 0.359 e. The second-order valence-corrected chi connectivity index (χ2v) is 9.54. The summed E-state index contributed by atoms with van der Waals surface area (Å²) in [7, 11) is 0. The van der Waals surface area contributed by atoms with Crippen molar-refractivity contribution in [3.63, 3.8) is 0 Å². The highest BCUT2D eigenvalue weighted by Crippen LogP contribution is 2.32. The highest BCUT2D eigenvalue weighted by molar-refractivity contribution is 7.16. The molecule has 1 aromatic carbocycles. The van der Waals surface area contributed by atoms with Crippen molar-refractivity contribution in [2.45, 2.75) is 58.8 Å². The zero-order chi connectivity index (χ0) is 24.8. The number of aromatic nitrogens is 2. The van der Waals surface area contributed by atoms with E-state index in [9.17, 15) is 14.4 Å². The SMILES string of the molecule is CCOC(=O)c1nn(-c2ccc(OCC)cc2)c(=O)c2c(NC(=O)CCC3CCCCC3)scc12. The first-order chi connectivity index (χ1) is 17.0. The zero-order valence-electron chi connectivity index (χ0n) is 20.2. The molecular weight excluding hydrogens is 466 g/mol. The average molecular weight is 498 g/mol. The molecule has 4 rings (SSSR count). The second-order valence-electron chi connectivity index (χ2n) is 8.66.